The standard InChI is InChI=1S/C22H42O4/c1-3-5-7-9-10-11-12-16-20-26-22(24)18-14-13-17-21(23)25-19-15-8-6-4-2/h3-20H2,1-2H3. The molecule has 0 aromatic heterocycles. The van der Waals surface area contributed by atoms with E-state index in [4.69, 9.17) is 9.47 Å². The van der Waals surface area contributed by atoms with Crippen LogP contribution in [-0.4, -0.2) is 25.2 Å². The molecule has 154 valence electrons. The second kappa shape index (κ2) is 20.3. The van der Waals surface area contributed by atoms with Gasteiger partial charge in [-0.25, -0.2) is 0 Å². The summed E-state index contributed by atoms with van der Waals surface area (Å²) in [6.45, 7) is 5.45. The van der Waals surface area contributed by atoms with Crippen LogP contribution in [0.5, 0.6) is 0 Å². The van der Waals surface area contributed by atoms with Crippen molar-refractivity contribution < 1.29 is 19.1 Å². The van der Waals surface area contributed by atoms with Crippen molar-refractivity contribution >= 4 is 11.9 Å². The highest BCUT2D eigenvalue weighted by Crippen LogP contribution is 2.09. The molecule has 0 aromatic rings. The van der Waals surface area contributed by atoms with Crippen molar-refractivity contribution in [2.24, 2.45) is 0 Å². The Morgan fingerprint density at radius 1 is 0.500 bits per heavy atom. The van der Waals surface area contributed by atoms with E-state index in [9.17, 15) is 9.59 Å². The van der Waals surface area contributed by atoms with Crippen LogP contribution in [0.3, 0.4) is 0 Å². The van der Waals surface area contributed by atoms with Crippen molar-refractivity contribution in [1.82, 2.24) is 0 Å². The molecule has 0 rings (SSSR count). The lowest BCUT2D eigenvalue weighted by Gasteiger charge is -2.06. The molecule has 0 aliphatic heterocycles. The van der Waals surface area contributed by atoms with Crippen LogP contribution < -0.4 is 0 Å². The van der Waals surface area contributed by atoms with Gasteiger partial charge in [0.1, 0.15) is 0 Å². The van der Waals surface area contributed by atoms with Crippen molar-refractivity contribution in [2.45, 2.75) is 117 Å². The molecular weight excluding hydrogens is 328 g/mol. The van der Waals surface area contributed by atoms with Crippen LogP contribution >= 0.6 is 0 Å². The highest BCUT2D eigenvalue weighted by molar-refractivity contribution is 5.70. The summed E-state index contributed by atoms with van der Waals surface area (Å²) in [5, 5.41) is 0. The molecule has 0 aliphatic carbocycles. The highest BCUT2D eigenvalue weighted by Gasteiger charge is 2.06. The molecule has 0 amide bonds. The van der Waals surface area contributed by atoms with Gasteiger partial charge in [-0.1, -0.05) is 78.1 Å². The fraction of sp³-hybridized carbons (Fsp3) is 0.909. The largest absolute Gasteiger partial charge is 0.466 e. The summed E-state index contributed by atoms with van der Waals surface area (Å²) in [6.07, 6.45) is 16.6. The van der Waals surface area contributed by atoms with E-state index in [0.717, 1.165) is 25.7 Å². The van der Waals surface area contributed by atoms with Crippen LogP contribution in [-0.2, 0) is 19.1 Å². The zero-order valence-corrected chi connectivity index (χ0v) is 17.4. The Morgan fingerprint density at radius 2 is 0.846 bits per heavy atom. The topological polar surface area (TPSA) is 52.6 Å². The fourth-order valence-corrected chi connectivity index (χ4v) is 2.82. The zero-order chi connectivity index (χ0) is 19.3. The van der Waals surface area contributed by atoms with Gasteiger partial charge < -0.3 is 9.47 Å². The minimum atomic E-state index is -0.145. The Morgan fingerprint density at radius 3 is 1.27 bits per heavy atom. The Kier molecular flexibility index (Phi) is 19.4. The van der Waals surface area contributed by atoms with Gasteiger partial charge in [0.05, 0.1) is 13.2 Å². The van der Waals surface area contributed by atoms with Crippen LogP contribution in [0.1, 0.15) is 117 Å². The number of carbonyl (C=O) groups is 2. The zero-order valence-electron chi connectivity index (χ0n) is 17.4. The number of hydrogen-bond acceptors (Lipinski definition) is 4. The maximum Gasteiger partial charge on any atom is 0.305 e. The van der Waals surface area contributed by atoms with Gasteiger partial charge in [-0.15, -0.1) is 0 Å². The van der Waals surface area contributed by atoms with Gasteiger partial charge in [0.2, 0.25) is 0 Å². The Labute approximate surface area is 161 Å². The Hall–Kier alpha value is -1.06. The SMILES string of the molecule is CCCCCCCCCCOC(=O)CCCCC(=O)OCCCCCC. The smallest absolute Gasteiger partial charge is 0.305 e. The van der Waals surface area contributed by atoms with Crippen molar-refractivity contribution in [3.05, 3.63) is 0 Å². The lowest BCUT2D eigenvalue weighted by atomic mass is 10.1. The molecule has 0 radical (unpaired) electrons. The molecule has 0 aromatic carbocycles. The van der Waals surface area contributed by atoms with Gasteiger partial charge in [-0.3, -0.25) is 9.59 Å². The molecule has 0 aliphatic rings. The van der Waals surface area contributed by atoms with E-state index in [1.54, 1.807) is 0 Å². The monoisotopic (exact) mass is 370 g/mol. The normalized spacial score (nSPS) is 10.7. The number of hydrogen-bond donors (Lipinski definition) is 0. The van der Waals surface area contributed by atoms with E-state index in [1.165, 1.54) is 51.4 Å². The van der Waals surface area contributed by atoms with Gasteiger partial charge >= 0.3 is 11.9 Å². The first-order valence-electron chi connectivity index (χ1n) is 11.0. The Balaban J connectivity index is 3.29. The van der Waals surface area contributed by atoms with Crippen molar-refractivity contribution in [2.75, 3.05) is 13.2 Å². The van der Waals surface area contributed by atoms with E-state index in [0.29, 0.717) is 38.9 Å². The predicted octanol–water partition coefficient (Wildman–Crippen LogP) is 6.35. The molecule has 0 atom stereocenters. The third-order valence-electron chi connectivity index (χ3n) is 4.53. The molecule has 0 saturated heterocycles. The van der Waals surface area contributed by atoms with Crippen LogP contribution in [0, 0.1) is 0 Å². The molecule has 0 saturated carbocycles. The van der Waals surface area contributed by atoms with Crippen LogP contribution in [0.4, 0.5) is 0 Å². The van der Waals surface area contributed by atoms with E-state index >= 15 is 0 Å². The predicted molar refractivity (Wildman–Crippen MR) is 107 cm³/mol. The molecule has 0 spiro atoms. The third kappa shape index (κ3) is 19.3. The van der Waals surface area contributed by atoms with Crippen molar-refractivity contribution in [3.63, 3.8) is 0 Å². The second-order valence-corrected chi connectivity index (χ2v) is 7.18. The second-order valence-electron chi connectivity index (χ2n) is 7.18. The summed E-state index contributed by atoms with van der Waals surface area (Å²) in [6, 6.07) is 0. The third-order valence-corrected chi connectivity index (χ3v) is 4.53. The molecule has 0 N–H and O–H groups in total. The van der Waals surface area contributed by atoms with Crippen molar-refractivity contribution in [3.8, 4) is 0 Å². The average molecular weight is 371 g/mol. The number of unbranched alkanes of at least 4 members (excludes halogenated alkanes) is 11. The first-order valence-corrected chi connectivity index (χ1v) is 11.0. The van der Waals surface area contributed by atoms with E-state index in [-0.39, 0.29) is 11.9 Å². The number of ether oxygens (including phenoxy) is 2. The summed E-state index contributed by atoms with van der Waals surface area (Å²) < 4.78 is 10.4. The van der Waals surface area contributed by atoms with Crippen LogP contribution in [0.2, 0.25) is 0 Å². The lowest BCUT2D eigenvalue weighted by Crippen LogP contribution is -2.08. The first kappa shape index (κ1) is 24.9. The lowest BCUT2D eigenvalue weighted by molar-refractivity contribution is -0.146. The molecule has 0 unspecified atom stereocenters. The molecular formula is C22H42O4. The number of esters is 2. The van der Waals surface area contributed by atoms with Gasteiger partial charge in [0.15, 0.2) is 0 Å². The van der Waals surface area contributed by atoms with E-state index in [1.807, 2.05) is 0 Å². The van der Waals surface area contributed by atoms with Gasteiger partial charge in [0, 0.05) is 12.8 Å². The minimum Gasteiger partial charge on any atom is -0.466 e. The summed E-state index contributed by atoms with van der Waals surface area (Å²) in [7, 11) is 0. The first-order chi connectivity index (χ1) is 12.7. The molecule has 26 heavy (non-hydrogen) atoms. The molecule has 0 heterocycles. The number of carbonyl (C=O) groups excluding carboxylic acids is 2. The van der Waals surface area contributed by atoms with Gasteiger partial charge in [-0.2, -0.15) is 0 Å². The summed E-state index contributed by atoms with van der Waals surface area (Å²) in [5.74, 6) is -0.283. The fourth-order valence-electron chi connectivity index (χ4n) is 2.82. The maximum absolute atomic E-state index is 11.6. The summed E-state index contributed by atoms with van der Waals surface area (Å²) >= 11 is 0. The Bertz CT molecular complexity index is 328. The molecule has 4 heteroatoms. The maximum atomic E-state index is 11.6. The summed E-state index contributed by atoms with van der Waals surface area (Å²) in [4.78, 5) is 23.2. The van der Waals surface area contributed by atoms with E-state index < -0.39 is 0 Å². The van der Waals surface area contributed by atoms with Crippen molar-refractivity contribution in [1.29, 1.82) is 0 Å². The number of rotatable bonds is 19. The van der Waals surface area contributed by atoms with E-state index in [2.05, 4.69) is 13.8 Å². The minimum absolute atomic E-state index is 0.138. The van der Waals surface area contributed by atoms with Crippen LogP contribution in [0.25, 0.3) is 0 Å². The highest BCUT2D eigenvalue weighted by atomic mass is 16.5. The molecule has 0 fully saturated rings. The quantitative estimate of drug-likeness (QED) is 0.196. The van der Waals surface area contributed by atoms with Gasteiger partial charge in [0.25, 0.3) is 0 Å². The van der Waals surface area contributed by atoms with Gasteiger partial charge in [-0.05, 0) is 25.7 Å². The summed E-state index contributed by atoms with van der Waals surface area (Å²) in [5.41, 5.74) is 0. The molecule has 0 bridgehead atoms. The molecule has 4 nitrogen and oxygen atoms in total. The van der Waals surface area contributed by atoms with Crippen LogP contribution in [0.15, 0.2) is 0 Å². The average Bonchev–Trinajstić information content (AvgIpc) is 2.63.